The third kappa shape index (κ3) is 3.02. The van der Waals surface area contributed by atoms with Gasteiger partial charge in [-0.05, 0) is 42.7 Å². The zero-order chi connectivity index (χ0) is 17.3. The fraction of sp³-hybridized carbons (Fsp3) is 0.263. The number of para-hydroxylation sites is 1. The molecule has 0 aromatic heterocycles. The quantitative estimate of drug-likeness (QED) is 0.876. The molecule has 2 amide bonds. The van der Waals surface area contributed by atoms with E-state index in [0.29, 0.717) is 18.5 Å². The molecule has 3 rings (SSSR count). The lowest BCUT2D eigenvalue weighted by Gasteiger charge is -2.37. The number of carbonyl (C=O) groups is 2. The first-order valence-electron chi connectivity index (χ1n) is 7.89. The van der Waals surface area contributed by atoms with Gasteiger partial charge in [0.05, 0.1) is 0 Å². The number of amides is 2. The first-order valence-corrected chi connectivity index (χ1v) is 7.89. The molecule has 2 aromatic rings. The molecule has 1 saturated heterocycles. The monoisotopic (exact) mass is 326 g/mol. The Hall–Kier alpha value is -2.69. The van der Waals surface area contributed by atoms with Crippen molar-refractivity contribution in [1.29, 1.82) is 0 Å². The van der Waals surface area contributed by atoms with Crippen LogP contribution in [0.15, 0.2) is 42.5 Å². The van der Waals surface area contributed by atoms with Gasteiger partial charge in [-0.25, -0.2) is 4.39 Å². The van der Waals surface area contributed by atoms with E-state index in [-0.39, 0.29) is 17.6 Å². The van der Waals surface area contributed by atoms with Crippen molar-refractivity contribution < 1.29 is 14.0 Å². The van der Waals surface area contributed by atoms with Gasteiger partial charge >= 0.3 is 0 Å². The number of rotatable bonds is 4. The average Bonchev–Trinajstić information content (AvgIpc) is 2.55. The van der Waals surface area contributed by atoms with Crippen molar-refractivity contribution >= 4 is 17.5 Å². The lowest BCUT2D eigenvalue weighted by Crippen LogP contribution is -2.49. The molecule has 1 aliphatic heterocycles. The number of nitrogens with one attached hydrogen (secondary N) is 1. The molecular weight excluding hydrogens is 307 g/mol. The molecule has 1 fully saturated rings. The number of aryl methyl sites for hydroxylation is 2. The standard InChI is InChI=1S/C19H19FN2O2/c1-12-4-3-5-13(2)17(12)21-19(24)18(22-11-10-16(22)23)14-6-8-15(20)9-7-14/h3-9,18H,10-11H2,1-2H3,(H,21,24)/t18-/m0/s1. The number of anilines is 1. The van der Waals surface area contributed by atoms with Gasteiger partial charge in [0, 0.05) is 18.7 Å². The van der Waals surface area contributed by atoms with Crippen LogP contribution in [0.25, 0.3) is 0 Å². The van der Waals surface area contributed by atoms with E-state index in [1.807, 2.05) is 32.0 Å². The highest BCUT2D eigenvalue weighted by Gasteiger charge is 2.36. The Balaban J connectivity index is 1.92. The number of carbonyl (C=O) groups excluding carboxylic acids is 2. The molecule has 0 radical (unpaired) electrons. The number of halogens is 1. The predicted octanol–water partition coefficient (Wildman–Crippen LogP) is 3.35. The number of benzene rings is 2. The molecule has 0 saturated carbocycles. The van der Waals surface area contributed by atoms with Gasteiger partial charge < -0.3 is 10.2 Å². The fourth-order valence-electron chi connectivity index (χ4n) is 2.93. The molecule has 2 aromatic carbocycles. The van der Waals surface area contributed by atoms with Crippen LogP contribution in [-0.2, 0) is 9.59 Å². The van der Waals surface area contributed by atoms with Gasteiger partial charge in [-0.15, -0.1) is 0 Å². The van der Waals surface area contributed by atoms with Crippen LogP contribution < -0.4 is 5.32 Å². The van der Waals surface area contributed by atoms with Crippen molar-refractivity contribution in [3.8, 4) is 0 Å². The zero-order valence-electron chi connectivity index (χ0n) is 13.7. The summed E-state index contributed by atoms with van der Waals surface area (Å²) < 4.78 is 13.2. The van der Waals surface area contributed by atoms with E-state index in [2.05, 4.69) is 5.32 Å². The molecule has 1 aliphatic rings. The number of likely N-dealkylation sites (tertiary alicyclic amines) is 1. The van der Waals surface area contributed by atoms with Crippen LogP contribution in [0.1, 0.15) is 29.2 Å². The molecular formula is C19H19FN2O2. The molecule has 1 heterocycles. The molecule has 1 N–H and O–H groups in total. The Morgan fingerprint density at radius 3 is 2.25 bits per heavy atom. The van der Waals surface area contributed by atoms with Gasteiger partial charge in [-0.2, -0.15) is 0 Å². The molecule has 0 spiro atoms. The Labute approximate surface area is 140 Å². The minimum Gasteiger partial charge on any atom is -0.326 e. The minimum atomic E-state index is -0.745. The van der Waals surface area contributed by atoms with E-state index in [1.54, 1.807) is 12.1 Å². The van der Waals surface area contributed by atoms with Crippen molar-refractivity contribution in [1.82, 2.24) is 4.90 Å². The molecule has 4 nitrogen and oxygen atoms in total. The molecule has 1 atom stereocenters. The van der Waals surface area contributed by atoms with Crippen molar-refractivity contribution in [2.24, 2.45) is 0 Å². The van der Waals surface area contributed by atoms with Crippen LogP contribution in [0.5, 0.6) is 0 Å². The zero-order valence-corrected chi connectivity index (χ0v) is 13.7. The van der Waals surface area contributed by atoms with Crippen LogP contribution in [0, 0.1) is 19.7 Å². The summed E-state index contributed by atoms with van der Waals surface area (Å²) in [5.74, 6) is -0.726. The normalized spacial score (nSPS) is 15.0. The first kappa shape index (κ1) is 16.2. The Morgan fingerprint density at radius 2 is 1.75 bits per heavy atom. The van der Waals surface area contributed by atoms with Gasteiger partial charge in [-0.3, -0.25) is 9.59 Å². The topological polar surface area (TPSA) is 49.4 Å². The largest absolute Gasteiger partial charge is 0.326 e. The highest BCUT2D eigenvalue weighted by molar-refractivity contribution is 5.99. The summed E-state index contributed by atoms with van der Waals surface area (Å²) in [7, 11) is 0. The maximum Gasteiger partial charge on any atom is 0.251 e. The van der Waals surface area contributed by atoms with Gasteiger partial charge in [0.2, 0.25) is 5.91 Å². The van der Waals surface area contributed by atoms with Gasteiger partial charge in [0.1, 0.15) is 11.9 Å². The molecule has 24 heavy (non-hydrogen) atoms. The summed E-state index contributed by atoms with van der Waals surface area (Å²) in [5, 5.41) is 2.93. The Kier molecular flexibility index (Phi) is 4.34. The van der Waals surface area contributed by atoms with Crippen molar-refractivity contribution in [3.05, 3.63) is 65.0 Å². The van der Waals surface area contributed by atoms with E-state index >= 15 is 0 Å². The lowest BCUT2D eigenvalue weighted by atomic mass is 9.99. The van der Waals surface area contributed by atoms with Gasteiger partial charge in [0.25, 0.3) is 5.91 Å². The molecule has 0 bridgehead atoms. The van der Waals surface area contributed by atoms with E-state index in [0.717, 1.165) is 16.8 Å². The van der Waals surface area contributed by atoms with E-state index in [9.17, 15) is 14.0 Å². The average molecular weight is 326 g/mol. The van der Waals surface area contributed by atoms with Crippen LogP contribution in [0.4, 0.5) is 10.1 Å². The van der Waals surface area contributed by atoms with Crippen LogP contribution in [0.2, 0.25) is 0 Å². The highest BCUT2D eigenvalue weighted by atomic mass is 19.1. The summed E-state index contributed by atoms with van der Waals surface area (Å²) >= 11 is 0. The smallest absolute Gasteiger partial charge is 0.251 e. The number of nitrogens with zero attached hydrogens (tertiary/aromatic N) is 1. The van der Waals surface area contributed by atoms with Crippen LogP contribution in [-0.4, -0.2) is 23.3 Å². The van der Waals surface area contributed by atoms with E-state index in [1.165, 1.54) is 17.0 Å². The molecule has 0 aliphatic carbocycles. The summed E-state index contributed by atoms with van der Waals surface area (Å²) in [6.07, 6.45) is 0.439. The SMILES string of the molecule is Cc1cccc(C)c1NC(=O)[C@H](c1ccc(F)cc1)N1CCC1=O. The third-order valence-electron chi connectivity index (χ3n) is 4.36. The molecule has 124 valence electrons. The number of hydrogen-bond donors (Lipinski definition) is 1. The first-order chi connectivity index (χ1) is 11.5. The van der Waals surface area contributed by atoms with Gasteiger partial charge in [-0.1, -0.05) is 30.3 Å². The molecule has 0 unspecified atom stereocenters. The maximum atomic E-state index is 13.2. The second-order valence-corrected chi connectivity index (χ2v) is 6.05. The predicted molar refractivity (Wildman–Crippen MR) is 90.0 cm³/mol. The van der Waals surface area contributed by atoms with E-state index in [4.69, 9.17) is 0 Å². The summed E-state index contributed by atoms with van der Waals surface area (Å²) in [6.45, 7) is 4.37. The Bertz CT molecular complexity index is 766. The van der Waals surface area contributed by atoms with Crippen molar-refractivity contribution in [3.63, 3.8) is 0 Å². The van der Waals surface area contributed by atoms with Crippen LogP contribution >= 0.6 is 0 Å². The van der Waals surface area contributed by atoms with E-state index < -0.39 is 6.04 Å². The summed E-state index contributed by atoms with van der Waals surface area (Å²) in [4.78, 5) is 26.3. The summed E-state index contributed by atoms with van der Waals surface area (Å²) in [6, 6.07) is 10.7. The number of β-lactam (4-membered cyclic amide) rings is 1. The van der Waals surface area contributed by atoms with Gasteiger partial charge in [0.15, 0.2) is 0 Å². The fourth-order valence-corrected chi connectivity index (χ4v) is 2.93. The highest BCUT2D eigenvalue weighted by Crippen LogP contribution is 2.29. The minimum absolute atomic E-state index is 0.0685. The van der Waals surface area contributed by atoms with Crippen molar-refractivity contribution in [2.45, 2.75) is 26.3 Å². The summed E-state index contributed by atoms with van der Waals surface area (Å²) in [5.41, 5.74) is 3.27. The Morgan fingerprint density at radius 1 is 1.12 bits per heavy atom. The van der Waals surface area contributed by atoms with Crippen molar-refractivity contribution in [2.75, 3.05) is 11.9 Å². The maximum absolute atomic E-state index is 13.2. The number of hydrogen-bond acceptors (Lipinski definition) is 2. The molecule has 5 heteroatoms. The lowest BCUT2D eigenvalue weighted by molar-refractivity contribution is -0.147. The second kappa shape index (κ2) is 6.43. The second-order valence-electron chi connectivity index (χ2n) is 6.05. The third-order valence-corrected chi connectivity index (χ3v) is 4.36. The van der Waals surface area contributed by atoms with Crippen LogP contribution in [0.3, 0.4) is 0 Å².